The van der Waals surface area contributed by atoms with Crippen LogP contribution in [-0.4, -0.2) is 40.3 Å². The van der Waals surface area contributed by atoms with E-state index in [-0.39, 0.29) is 11.1 Å². The van der Waals surface area contributed by atoms with E-state index in [9.17, 15) is 4.79 Å². The van der Waals surface area contributed by atoms with Crippen molar-refractivity contribution in [3.8, 4) is 0 Å². The van der Waals surface area contributed by atoms with Crippen LogP contribution in [0.15, 0.2) is 0 Å². The van der Waals surface area contributed by atoms with E-state index >= 15 is 0 Å². The maximum Gasteiger partial charge on any atom is 0.407 e. The first-order valence-electron chi connectivity index (χ1n) is 6.07. The number of carbonyl (C=O) groups is 1. The van der Waals surface area contributed by atoms with Crippen LogP contribution in [0, 0.1) is 0 Å². The maximum atomic E-state index is 11.0. The van der Waals surface area contributed by atoms with Crippen molar-refractivity contribution in [1.29, 1.82) is 0 Å². The molecule has 0 heterocycles. The molecule has 0 atom stereocenters. The van der Waals surface area contributed by atoms with Gasteiger partial charge in [0.05, 0.1) is 0 Å². The van der Waals surface area contributed by atoms with Gasteiger partial charge in [0.2, 0.25) is 0 Å². The van der Waals surface area contributed by atoms with Gasteiger partial charge in [-0.15, -0.1) is 0 Å². The first kappa shape index (κ1) is 16.2. The summed E-state index contributed by atoms with van der Waals surface area (Å²) >= 11 is 0. The van der Waals surface area contributed by atoms with Crippen molar-refractivity contribution in [2.24, 2.45) is 11.5 Å². The Balaban J connectivity index is 4.05. The van der Waals surface area contributed by atoms with E-state index < -0.39 is 6.09 Å². The second-order valence-electron chi connectivity index (χ2n) is 6.10. The SMILES string of the molecule is CC(C)(N)CCCN(CCC(C)(C)N)C(=O)O. The molecule has 1 amide bonds. The molecule has 0 unspecified atom stereocenters. The van der Waals surface area contributed by atoms with Gasteiger partial charge in [-0.25, -0.2) is 4.79 Å². The van der Waals surface area contributed by atoms with Crippen LogP contribution < -0.4 is 11.5 Å². The van der Waals surface area contributed by atoms with Gasteiger partial charge in [0.1, 0.15) is 0 Å². The summed E-state index contributed by atoms with van der Waals surface area (Å²) in [7, 11) is 0. The number of rotatable bonds is 7. The maximum absolute atomic E-state index is 11.0. The van der Waals surface area contributed by atoms with Crippen molar-refractivity contribution in [3.63, 3.8) is 0 Å². The van der Waals surface area contributed by atoms with Crippen molar-refractivity contribution in [3.05, 3.63) is 0 Å². The lowest BCUT2D eigenvalue weighted by Crippen LogP contribution is -2.40. The molecule has 0 bridgehead atoms. The topological polar surface area (TPSA) is 92.6 Å². The normalized spacial score (nSPS) is 12.6. The summed E-state index contributed by atoms with van der Waals surface area (Å²) in [5, 5.41) is 9.05. The molecule has 0 aromatic carbocycles. The molecule has 5 nitrogen and oxygen atoms in total. The first-order chi connectivity index (χ1) is 7.51. The summed E-state index contributed by atoms with van der Waals surface area (Å²) in [5.74, 6) is 0. The fourth-order valence-corrected chi connectivity index (χ4v) is 1.45. The Morgan fingerprint density at radius 2 is 1.53 bits per heavy atom. The molecule has 0 aromatic rings. The predicted molar refractivity (Wildman–Crippen MR) is 70.0 cm³/mol. The average molecular weight is 245 g/mol. The van der Waals surface area contributed by atoms with Gasteiger partial charge in [0.25, 0.3) is 0 Å². The van der Waals surface area contributed by atoms with Gasteiger partial charge in [0.15, 0.2) is 0 Å². The Bertz CT molecular complexity index is 241. The van der Waals surface area contributed by atoms with Gasteiger partial charge in [-0.3, -0.25) is 0 Å². The van der Waals surface area contributed by atoms with Crippen molar-refractivity contribution in [2.45, 2.75) is 58.0 Å². The molecule has 102 valence electrons. The number of hydrogen-bond acceptors (Lipinski definition) is 3. The molecule has 0 spiro atoms. The molecule has 0 aliphatic heterocycles. The van der Waals surface area contributed by atoms with Crippen LogP contribution in [0.5, 0.6) is 0 Å². The zero-order valence-electron chi connectivity index (χ0n) is 11.5. The highest BCUT2D eigenvalue weighted by Crippen LogP contribution is 2.10. The van der Waals surface area contributed by atoms with E-state index in [0.717, 1.165) is 12.8 Å². The third-order valence-corrected chi connectivity index (χ3v) is 2.55. The van der Waals surface area contributed by atoms with E-state index in [1.54, 1.807) is 0 Å². The molecule has 0 aromatic heterocycles. The van der Waals surface area contributed by atoms with Crippen LogP contribution in [0.2, 0.25) is 0 Å². The van der Waals surface area contributed by atoms with E-state index in [4.69, 9.17) is 16.6 Å². The van der Waals surface area contributed by atoms with Crippen LogP contribution in [0.3, 0.4) is 0 Å². The third kappa shape index (κ3) is 10.1. The minimum Gasteiger partial charge on any atom is -0.465 e. The lowest BCUT2D eigenvalue weighted by Gasteiger charge is -2.26. The molecule has 0 aliphatic rings. The van der Waals surface area contributed by atoms with Crippen molar-refractivity contribution < 1.29 is 9.90 Å². The van der Waals surface area contributed by atoms with E-state index in [1.165, 1.54) is 4.90 Å². The number of carboxylic acid groups (broad SMARTS) is 1. The van der Waals surface area contributed by atoms with Gasteiger partial charge in [-0.05, 0) is 47.0 Å². The molecule has 0 rings (SSSR count). The average Bonchev–Trinajstić information content (AvgIpc) is 2.06. The Morgan fingerprint density at radius 1 is 1.06 bits per heavy atom. The summed E-state index contributed by atoms with van der Waals surface area (Å²) in [6.45, 7) is 8.68. The minimum atomic E-state index is -0.885. The second-order valence-corrected chi connectivity index (χ2v) is 6.10. The number of amides is 1. The Labute approximate surface area is 104 Å². The molecule has 5 heteroatoms. The lowest BCUT2D eigenvalue weighted by molar-refractivity contribution is 0.139. The molecule has 0 saturated heterocycles. The molecular weight excluding hydrogens is 218 g/mol. The van der Waals surface area contributed by atoms with Crippen molar-refractivity contribution in [1.82, 2.24) is 4.90 Å². The second kappa shape index (κ2) is 6.21. The Morgan fingerprint density at radius 3 is 1.88 bits per heavy atom. The summed E-state index contributed by atoms with van der Waals surface area (Å²) in [4.78, 5) is 12.4. The van der Waals surface area contributed by atoms with Gasteiger partial charge in [-0.1, -0.05) is 0 Å². The van der Waals surface area contributed by atoms with Crippen LogP contribution in [0.1, 0.15) is 47.0 Å². The van der Waals surface area contributed by atoms with E-state index in [0.29, 0.717) is 19.5 Å². The van der Waals surface area contributed by atoms with E-state index in [2.05, 4.69) is 0 Å². The fourth-order valence-electron chi connectivity index (χ4n) is 1.45. The van der Waals surface area contributed by atoms with Crippen molar-refractivity contribution >= 4 is 6.09 Å². The molecular formula is C12H27N3O2. The molecule has 17 heavy (non-hydrogen) atoms. The largest absolute Gasteiger partial charge is 0.465 e. The molecule has 0 radical (unpaired) electrons. The summed E-state index contributed by atoms with van der Waals surface area (Å²) < 4.78 is 0. The number of hydrogen-bond donors (Lipinski definition) is 3. The molecule has 5 N–H and O–H groups in total. The summed E-state index contributed by atoms with van der Waals surface area (Å²) in [6, 6.07) is 0. The van der Waals surface area contributed by atoms with Crippen molar-refractivity contribution in [2.75, 3.05) is 13.1 Å². The summed E-state index contributed by atoms with van der Waals surface area (Å²) in [5.41, 5.74) is 11.1. The number of nitrogens with two attached hydrogens (primary N) is 2. The van der Waals surface area contributed by atoms with Gasteiger partial charge in [0, 0.05) is 24.2 Å². The minimum absolute atomic E-state index is 0.239. The molecule has 0 aliphatic carbocycles. The zero-order chi connectivity index (χ0) is 13.7. The molecule has 0 fully saturated rings. The smallest absolute Gasteiger partial charge is 0.407 e. The highest BCUT2D eigenvalue weighted by atomic mass is 16.4. The van der Waals surface area contributed by atoms with Crippen LogP contribution in [-0.2, 0) is 0 Å². The van der Waals surface area contributed by atoms with Gasteiger partial charge in [-0.2, -0.15) is 0 Å². The van der Waals surface area contributed by atoms with Gasteiger partial charge < -0.3 is 21.5 Å². The monoisotopic (exact) mass is 245 g/mol. The highest BCUT2D eigenvalue weighted by molar-refractivity contribution is 5.64. The Kier molecular flexibility index (Phi) is 5.92. The molecule has 0 saturated carbocycles. The predicted octanol–water partition coefficient (Wildman–Crippen LogP) is 1.61. The van der Waals surface area contributed by atoms with Crippen LogP contribution in [0.25, 0.3) is 0 Å². The number of nitrogens with zero attached hydrogens (tertiary/aromatic N) is 1. The third-order valence-electron chi connectivity index (χ3n) is 2.55. The quantitative estimate of drug-likeness (QED) is 0.635. The summed E-state index contributed by atoms with van der Waals surface area (Å²) in [6.07, 6.45) is 1.36. The van der Waals surface area contributed by atoms with Crippen LogP contribution in [0.4, 0.5) is 4.79 Å². The zero-order valence-corrected chi connectivity index (χ0v) is 11.5. The fraction of sp³-hybridized carbons (Fsp3) is 0.917. The lowest BCUT2D eigenvalue weighted by atomic mass is 9.99. The van der Waals surface area contributed by atoms with Gasteiger partial charge >= 0.3 is 6.09 Å². The Hall–Kier alpha value is -0.810. The van der Waals surface area contributed by atoms with Crippen LogP contribution >= 0.6 is 0 Å². The highest BCUT2D eigenvalue weighted by Gasteiger charge is 2.18. The van der Waals surface area contributed by atoms with E-state index in [1.807, 2.05) is 27.7 Å². The standard InChI is InChI=1S/C12H27N3O2/c1-11(2,13)6-5-8-15(10(16)17)9-7-12(3,4)14/h5-9,13-14H2,1-4H3,(H,16,17). The first-order valence-corrected chi connectivity index (χ1v) is 6.07.